The van der Waals surface area contributed by atoms with E-state index in [0.717, 1.165) is 11.3 Å². The lowest BCUT2D eigenvalue weighted by molar-refractivity contribution is -0.119. The number of imide groups is 1. The fourth-order valence-electron chi connectivity index (χ4n) is 3.24. The summed E-state index contributed by atoms with van der Waals surface area (Å²) in [5.41, 5.74) is 0.525. The zero-order valence-electron chi connectivity index (χ0n) is 18.1. The van der Waals surface area contributed by atoms with Crippen molar-refractivity contribution in [3.63, 3.8) is 0 Å². The lowest BCUT2D eigenvalue weighted by Gasteiger charge is -2.12. The summed E-state index contributed by atoms with van der Waals surface area (Å²) in [5.74, 6) is -2.08. The molecule has 1 N–H and O–H groups in total. The standard InChI is InChI=1S/C23H24N2O6S/c1-4-5-10-25-21(28)17-8-6-15(11-18(17)22(25)29)23(30)31-13(2)20(27)19-9-7-16(32-19)12-24-14(3)26/h6-9,11,13H,4-5,10,12H2,1-3H3,(H,24,26). The molecule has 8 nitrogen and oxygen atoms in total. The van der Waals surface area contributed by atoms with Gasteiger partial charge >= 0.3 is 5.97 Å². The van der Waals surface area contributed by atoms with E-state index in [1.807, 2.05) is 6.92 Å². The number of Topliss-reactive ketones (excluding diaryl/α,β-unsaturated/α-hetero) is 1. The number of ether oxygens (including phenoxy) is 1. The Balaban J connectivity index is 1.67. The number of nitrogens with one attached hydrogen (secondary N) is 1. The number of esters is 1. The number of benzene rings is 1. The van der Waals surface area contributed by atoms with Crippen molar-refractivity contribution in [2.45, 2.75) is 46.3 Å². The molecule has 2 aromatic rings. The summed E-state index contributed by atoms with van der Waals surface area (Å²) in [6.07, 6.45) is 0.506. The Bertz CT molecular complexity index is 1090. The predicted molar refractivity (Wildman–Crippen MR) is 118 cm³/mol. The van der Waals surface area contributed by atoms with Crippen LogP contribution in [0.15, 0.2) is 30.3 Å². The van der Waals surface area contributed by atoms with Crippen LogP contribution >= 0.6 is 11.3 Å². The topological polar surface area (TPSA) is 110 Å². The highest BCUT2D eigenvalue weighted by Gasteiger charge is 2.35. The highest BCUT2D eigenvalue weighted by atomic mass is 32.1. The number of rotatable bonds is 9. The first kappa shape index (κ1) is 23.3. The first-order chi connectivity index (χ1) is 15.2. The molecule has 0 spiro atoms. The number of unbranched alkanes of at least 4 members (excludes halogenated alkanes) is 1. The molecule has 168 valence electrons. The number of thiophene rings is 1. The van der Waals surface area contributed by atoms with Gasteiger partial charge in [0.25, 0.3) is 11.8 Å². The average molecular weight is 457 g/mol. The van der Waals surface area contributed by atoms with E-state index in [4.69, 9.17) is 4.74 Å². The molecule has 1 aliphatic rings. The van der Waals surface area contributed by atoms with Crippen LogP contribution in [0.5, 0.6) is 0 Å². The third-order valence-corrected chi connectivity index (χ3v) is 6.11. The van der Waals surface area contributed by atoms with Crippen LogP contribution in [0, 0.1) is 0 Å². The molecule has 1 atom stereocenters. The van der Waals surface area contributed by atoms with Gasteiger partial charge in [0, 0.05) is 18.3 Å². The second-order valence-electron chi connectivity index (χ2n) is 7.46. The van der Waals surface area contributed by atoms with Crippen LogP contribution < -0.4 is 5.32 Å². The molecule has 32 heavy (non-hydrogen) atoms. The molecule has 1 aromatic carbocycles. The van der Waals surface area contributed by atoms with Gasteiger partial charge in [-0.1, -0.05) is 13.3 Å². The van der Waals surface area contributed by atoms with E-state index in [9.17, 15) is 24.0 Å². The number of ketones is 1. The molecule has 2 heterocycles. The molecule has 0 radical (unpaired) electrons. The highest BCUT2D eigenvalue weighted by Crippen LogP contribution is 2.25. The largest absolute Gasteiger partial charge is 0.451 e. The van der Waals surface area contributed by atoms with Gasteiger partial charge in [0.2, 0.25) is 11.7 Å². The zero-order valence-corrected chi connectivity index (χ0v) is 18.9. The lowest BCUT2D eigenvalue weighted by atomic mass is 10.1. The lowest BCUT2D eigenvalue weighted by Crippen LogP contribution is -2.30. The van der Waals surface area contributed by atoms with Crippen LogP contribution in [0.2, 0.25) is 0 Å². The van der Waals surface area contributed by atoms with E-state index in [1.54, 1.807) is 12.1 Å². The Labute approximate surface area is 189 Å². The fourth-order valence-corrected chi connectivity index (χ4v) is 4.20. The van der Waals surface area contributed by atoms with Gasteiger partial charge in [-0.3, -0.25) is 24.1 Å². The van der Waals surface area contributed by atoms with Gasteiger partial charge in [-0.2, -0.15) is 0 Å². The van der Waals surface area contributed by atoms with Gasteiger partial charge in [0.05, 0.1) is 28.1 Å². The average Bonchev–Trinajstić information content (AvgIpc) is 3.33. The van der Waals surface area contributed by atoms with E-state index in [1.165, 1.54) is 48.3 Å². The summed E-state index contributed by atoms with van der Waals surface area (Å²) in [6.45, 7) is 5.50. The maximum atomic E-state index is 12.6. The first-order valence-corrected chi connectivity index (χ1v) is 11.1. The van der Waals surface area contributed by atoms with E-state index < -0.39 is 18.0 Å². The van der Waals surface area contributed by atoms with Gasteiger partial charge in [-0.25, -0.2) is 4.79 Å². The van der Waals surface area contributed by atoms with Crippen molar-refractivity contribution in [3.8, 4) is 0 Å². The SMILES string of the molecule is CCCCN1C(=O)c2ccc(C(=O)OC(C)C(=O)c3ccc(CNC(C)=O)s3)cc2C1=O. The molecular formula is C23H24N2O6S. The number of hydrogen-bond donors (Lipinski definition) is 1. The molecule has 9 heteroatoms. The third-order valence-electron chi connectivity index (χ3n) is 5.01. The van der Waals surface area contributed by atoms with Gasteiger partial charge in [0.15, 0.2) is 6.10 Å². The second kappa shape index (κ2) is 9.86. The summed E-state index contributed by atoms with van der Waals surface area (Å²) < 4.78 is 5.31. The molecule has 0 saturated heterocycles. The minimum atomic E-state index is -1.04. The fraction of sp³-hybridized carbons (Fsp3) is 0.348. The molecule has 1 aliphatic heterocycles. The van der Waals surface area contributed by atoms with Crippen molar-refractivity contribution in [1.82, 2.24) is 10.2 Å². The normalized spacial score (nSPS) is 13.7. The number of carbonyl (C=O) groups is 5. The van der Waals surface area contributed by atoms with Crippen LogP contribution in [0.1, 0.15) is 79.2 Å². The smallest absolute Gasteiger partial charge is 0.338 e. The monoisotopic (exact) mass is 456 g/mol. The van der Waals surface area contributed by atoms with Gasteiger partial charge < -0.3 is 10.1 Å². The molecular weight excluding hydrogens is 432 g/mol. The summed E-state index contributed by atoms with van der Waals surface area (Å²) in [7, 11) is 0. The predicted octanol–water partition coefficient (Wildman–Crippen LogP) is 3.21. The second-order valence-corrected chi connectivity index (χ2v) is 8.63. The molecule has 0 fully saturated rings. The van der Waals surface area contributed by atoms with E-state index in [0.29, 0.717) is 24.4 Å². The zero-order chi connectivity index (χ0) is 23.4. The van der Waals surface area contributed by atoms with Crippen molar-refractivity contribution in [3.05, 3.63) is 56.8 Å². The molecule has 3 amide bonds. The molecule has 1 unspecified atom stereocenters. The van der Waals surface area contributed by atoms with Gasteiger partial charge in [-0.05, 0) is 43.7 Å². The highest BCUT2D eigenvalue weighted by molar-refractivity contribution is 7.14. The van der Waals surface area contributed by atoms with Crippen LogP contribution in [0.3, 0.4) is 0 Å². The summed E-state index contributed by atoms with van der Waals surface area (Å²) in [4.78, 5) is 63.6. The minimum Gasteiger partial charge on any atom is -0.451 e. The van der Waals surface area contributed by atoms with Crippen molar-refractivity contribution in [2.75, 3.05) is 6.54 Å². The minimum absolute atomic E-state index is 0.0967. The molecule has 1 aromatic heterocycles. The van der Waals surface area contributed by atoms with Crippen molar-refractivity contribution < 1.29 is 28.7 Å². The van der Waals surface area contributed by atoms with Crippen molar-refractivity contribution in [2.24, 2.45) is 0 Å². The van der Waals surface area contributed by atoms with E-state index in [-0.39, 0.29) is 34.3 Å². The van der Waals surface area contributed by atoms with Crippen LogP contribution in [-0.4, -0.2) is 47.0 Å². The molecule has 0 bridgehead atoms. The van der Waals surface area contributed by atoms with Crippen LogP contribution in [0.25, 0.3) is 0 Å². The summed E-state index contributed by atoms with van der Waals surface area (Å²) >= 11 is 1.21. The van der Waals surface area contributed by atoms with Gasteiger partial charge in [-0.15, -0.1) is 11.3 Å². The van der Waals surface area contributed by atoms with E-state index in [2.05, 4.69) is 5.32 Å². The van der Waals surface area contributed by atoms with Crippen molar-refractivity contribution >= 4 is 40.8 Å². The number of carbonyl (C=O) groups excluding carboxylic acids is 5. The summed E-state index contributed by atoms with van der Waals surface area (Å²) in [6, 6.07) is 7.56. The summed E-state index contributed by atoms with van der Waals surface area (Å²) in [5, 5.41) is 2.66. The third kappa shape index (κ3) is 4.94. The van der Waals surface area contributed by atoms with Crippen LogP contribution in [-0.2, 0) is 16.1 Å². The number of amides is 3. The number of hydrogen-bond acceptors (Lipinski definition) is 7. The quantitative estimate of drug-likeness (QED) is 0.353. The van der Waals surface area contributed by atoms with E-state index >= 15 is 0 Å². The maximum Gasteiger partial charge on any atom is 0.338 e. The first-order valence-electron chi connectivity index (χ1n) is 10.3. The molecule has 0 aliphatic carbocycles. The Kier molecular flexibility index (Phi) is 7.19. The van der Waals surface area contributed by atoms with Crippen LogP contribution in [0.4, 0.5) is 0 Å². The number of fused-ring (bicyclic) bond motifs is 1. The maximum absolute atomic E-state index is 12.6. The van der Waals surface area contributed by atoms with Crippen molar-refractivity contribution in [1.29, 1.82) is 0 Å². The van der Waals surface area contributed by atoms with Gasteiger partial charge in [0.1, 0.15) is 0 Å². The Morgan fingerprint density at radius 2 is 1.81 bits per heavy atom. The Morgan fingerprint density at radius 3 is 2.50 bits per heavy atom. The Morgan fingerprint density at radius 1 is 1.09 bits per heavy atom. The number of nitrogens with zero attached hydrogens (tertiary/aromatic N) is 1. The molecule has 0 saturated carbocycles. The molecule has 3 rings (SSSR count). The Hall–Kier alpha value is -3.33.